The lowest BCUT2D eigenvalue weighted by Gasteiger charge is -2.05. The SMILES string of the molecule is COc1cc(C#CC#N)c(Cl)cc1N. The van der Waals surface area contributed by atoms with E-state index in [1.807, 2.05) is 0 Å². The Labute approximate surface area is 87.0 Å². The quantitative estimate of drug-likeness (QED) is 0.563. The van der Waals surface area contributed by atoms with Crippen LogP contribution in [0.25, 0.3) is 0 Å². The summed E-state index contributed by atoms with van der Waals surface area (Å²) in [5.41, 5.74) is 6.58. The largest absolute Gasteiger partial charge is 0.495 e. The second-order valence-corrected chi connectivity index (χ2v) is 2.84. The molecule has 4 heteroatoms. The Morgan fingerprint density at radius 2 is 2.21 bits per heavy atom. The zero-order valence-corrected chi connectivity index (χ0v) is 8.22. The number of halogens is 1. The predicted octanol–water partition coefficient (Wildman–Crippen LogP) is 1.81. The number of nitrogen functional groups attached to an aromatic ring is 1. The second-order valence-electron chi connectivity index (χ2n) is 2.44. The van der Waals surface area contributed by atoms with Crippen LogP contribution in [0.4, 0.5) is 5.69 Å². The standard InChI is InChI=1S/C10H7ClN2O/c1-14-10-5-7(3-2-4-12)8(11)6-9(10)13/h5-6H,13H2,1H3. The summed E-state index contributed by atoms with van der Waals surface area (Å²) in [7, 11) is 1.50. The van der Waals surface area contributed by atoms with E-state index in [2.05, 4.69) is 11.8 Å². The molecule has 0 bridgehead atoms. The lowest BCUT2D eigenvalue weighted by atomic mass is 10.2. The molecule has 1 aromatic carbocycles. The number of nitrogens with zero attached hydrogens (tertiary/aromatic N) is 1. The summed E-state index contributed by atoms with van der Waals surface area (Å²) in [6.07, 6.45) is 0. The van der Waals surface area contributed by atoms with Crippen molar-refractivity contribution in [2.45, 2.75) is 0 Å². The van der Waals surface area contributed by atoms with Gasteiger partial charge in [0.25, 0.3) is 0 Å². The molecule has 0 radical (unpaired) electrons. The van der Waals surface area contributed by atoms with E-state index in [0.717, 1.165) is 0 Å². The van der Waals surface area contributed by atoms with Gasteiger partial charge in [0, 0.05) is 11.5 Å². The summed E-state index contributed by atoms with van der Waals surface area (Å²) in [6, 6.07) is 4.85. The van der Waals surface area contributed by atoms with E-state index in [1.54, 1.807) is 18.2 Å². The molecule has 1 rings (SSSR count). The van der Waals surface area contributed by atoms with Crippen LogP contribution in [-0.4, -0.2) is 7.11 Å². The van der Waals surface area contributed by atoms with Crippen LogP contribution in [0.2, 0.25) is 5.02 Å². The van der Waals surface area contributed by atoms with E-state index in [9.17, 15) is 0 Å². The molecule has 0 aliphatic rings. The number of ether oxygens (including phenoxy) is 1. The van der Waals surface area contributed by atoms with Crippen molar-refractivity contribution in [3.63, 3.8) is 0 Å². The van der Waals surface area contributed by atoms with Crippen molar-refractivity contribution in [2.75, 3.05) is 12.8 Å². The Balaban J connectivity index is 3.25. The van der Waals surface area contributed by atoms with Crippen LogP contribution in [0.1, 0.15) is 5.56 Å². The molecule has 1 aromatic rings. The number of hydrogen-bond acceptors (Lipinski definition) is 3. The Hall–Kier alpha value is -1.84. The van der Waals surface area contributed by atoms with Crippen LogP contribution in [0.15, 0.2) is 12.1 Å². The van der Waals surface area contributed by atoms with Crippen molar-refractivity contribution >= 4 is 17.3 Å². The molecule has 0 aliphatic carbocycles. The van der Waals surface area contributed by atoms with Gasteiger partial charge in [-0.25, -0.2) is 0 Å². The van der Waals surface area contributed by atoms with Crippen LogP contribution in [-0.2, 0) is 0 Å². The zero-order chi connectivity index (χ0) is 10.6. The molecule has 0 fully saturated rings. The van der Waals surface area contributed by atoms with Gasteiger partial charge in [-0.3, -0.25) is 0 Å². The molecule has 0 unspecified atom stereocenters. The van der Waals surface area contributed by atoms with E-state index in [-0.39, 0.29) is 0 Å². The van der Waals surface area contributed by atoms with Crippen LogP contribution < -0.4 is 10.5 Å². The number of rotatable bonds is 1. The maximum atomic E-state index is 8.28. The average Bonchev–Trinajstić information content (AvgIpc) is 2.17. The van der Waals surface area contributed by atoms with E-state index < -0.39 is 0 Å². The molecular weight excluding hydrogens is 200 g/mol. The third-order valence-corrected chi connectivity index (χ3v) is 1.89. The molecule has 0 spiro atoms. The second kappa shape index (κ2) is 4.41. The summed E-state index contributed by atoms with van der Waals surface area (Å²) in [5, 5.41) is 8.69. The van der Waals surface area contributed by atoms with Crippen molar-refractivity contribution < 1.29 is 4.74 Å². The normalized spacial score (nSPS) is 8.36. The van der Waals surface area contributed by atoms with Crippen LogP contribution in [0.5, 0.6) is 5.75 Å². The summed E-state index contributed by atoms with van der Waals surface area (Å²) < 4.78 is 4.99. The fourth-order valence-corrected chi connectivity index (χ4v) is 1.16. The lowest BCUT2D eigenvalue weighted by Crippen LogP contribution is -1.93. The molecule has 3 nitrogen and oxygen atoms in total. The number of benzene rings is 1. The molecule has 0 atom stereocenters. The highest BCUT2D eigenvalue weighted by Gasteiger charge is 2.04. The number of nitrogens with two attached hydrogens (primary N) is 1. The first kappa shape index (κ1) is 10.2. The third kappa shape index (κ3) is 2.10. The molecule has 70 valence electrons. The summed E-state index contributed by atoms with van der Waals surface area (Å²) in [6.45, 7) is 0. The van der Waals surface area contributed by atoms with Gasteiger partial charge in [0.05, 0.1) is 17.8 Å². The number of anilines is 1. The Morgan fingerprint density at radius 1 is 1.50 bits per heavy atom. The van der Waals surface area contributed by atoms with Gasteiger partial charge in [0.2, 0.25) is 0 Å². The molecule has 0 aromatic heterocycles. The van der Waals surface area contributed by atoms with Crippen LogP contribution >= 0.6 is 11.6 Å². The predicted molar refractivity (Wildman–Crippen MR) is 54.9 cm³/mol. The molecule has 0 saturated heterocycles. The smallest absolute Gasteiger partial charge is 0.152 e. The highest BCUT2D eigenvalue weighted by atomic mass is 35.5. The minimum atomic E-state index is 0.408. The summed E-state index contributed by atoms with van der Waals surface area (Å²) >= 11 is 5.85. The minimum Gasteiger partial charge on any atom is -0.495 e. The van der Waals surface area contributed by atoms with Gasteiger partial charge < -0.3 is 10.5 Å². The van der Waals surface area contributed by atoms with Gasteiger partial charge in [-0.15, -0.1) is 0 Å². The number of hydrogen-bond donors (Lipinski definition) is 1. The maximum Gasteiger partial charge on any atom is 0.152 e. The van der Waals surface area contributed by atoms with E-state index in [0.29, 0.717) is 22.0 Å². The van der Waals surface area contributed by atoms with Crippen molar-refractivity contribution in [3.8, 4) is 23.7 Å². The molecular formula is C10H7ClN2O. The molecule has 14 heavy (non-hydrogen) atoms. The molecule has 2 N–H and O–H groups in total. The molecule has 0 heterocycles. The summed E-state index contributed by atoms with van der Waals surface area (Å²) in [4.78, 5) is 0. The topological polar surface area (TPSA) is 59.0 Å². The number of methoxy groups -OCH3 is 1. The lowest BCUT2D eigenvalue weighted by molar-refractivity contribution is 0.417. The van der Waals surface area contributed by atoms with Gasteiger partial charge in [-0.2, -0.15) is 5.26 Å². The number of nitriles is 1. The van der Waals surface area contributed by atoms with Crippen LogP contribution in [0.3, 0.4) is 0 Å². The van der Waals surface area contributed by atoms with Gasteiger partial charge in [0.1, 0.15) is 5.75 Å². The third-order valence-electron chi connectivity index (χ3n) is 1.57. The van der Waals surface area contributed by atoms with E-state index in [4.69, 9.17) is 27.3 Å². The average molecular weight is 207 g/mol. The van der Waals surface area contributed by atoms with E-state index >= 15 is 0 Å². The Morgan fingerprint density at radius 3 is 2.79 bits per heavy atom. The molecule has 0 saturated carbocycles. The van der Waals surface area contributed by atoms with Gasteiger partial charge in [-0.1, -0.05) is 11.6 Å². The van der Waals surface area contributed by atoms with Crippen molar-refractivity contribution in [1.29, 1.82) is 5.26 Å². The van der Waals surface area contributed by atoms with Gasteiger partial charge in [-0.05, 0) is 18.1 Å². The fourth-order valence-electron chi connectivity index (χ4n) is 0.937. The first-order valence-electron chi connectivity index (χ1n) is 3.72. The van der Waals surface area contributed by atoms with Crippen molar-refractivity contribution in [1.82, 2.24) is 0 Å². The fraction of sp³-hybridized carbons (Fsp3) is 0.100. The van der Waals surface area contributed by atoms with Crippen molar-refractivity contribution in [3.05, 3.63) is 22.7 Å². The molecule has 0 amide bonds. The van der Waals surface area contributed by atoms with Gasteiger partial charge in [0.15, 0.2) is 6.07 Å². The Kier molecular flexibility index (Phi) is 3.23. The van der Waals surface area contributed by atoms with Crippen molar-refractivity contribution in [2.24, 2.45) is 0 Å². The minimum absolute atomic E-state index is 0.408. The van der Waals surface area contributed by atoms with E-state index in [1.165, 1.54) is 7.11 Å². The highest BCUT2D eigenvalue weighted by Crippen LogP contribution is 2.28. The highest BCUT2D eigenvalue weighted by molar-refractivity contribution is 6.32. The molecule has 0 aliphatic heterocycles. The Bertz CT molecular complexity index is 452. The zero-order valence-electron chi connectivity index (χ0n) is 7.47. The summed E-state index contributed by atoms with van der Waals surface area (Å²) in [5.74, 6) is 5.33. The monoisotopic (exact) mass is 206 g/mol. The van der Waals surface area contributed by atoms with Crippen LogP contribution in [0, 0.1) is 23.2 Å². The first-order valence-corrected chi connectivity index (χ1v) is 4.10. The first-order chi connectivity index (χ1) is 6.69. The van der Waals surface area contributed by atoms with Gasteiger partial charge >= 0.3 is 0 Å². The maximum absolute atomic E-state index is 8.28.